The Hall–Kier alpha value is 0.0400. The summed E-state index contributed by atoms with van der Waals surface area (Å²) in [5.41, 5.74) is 0. The van der Waals surface area contributed by atoms with Crippen molar-refractivity contribution in [3.8, 4) is 0 Å². The molecule has 82 valence electrons. The van der Waals surface area contributed by atoms with Crippen molar-refractivity contribution < 1.29 is 9.90 Å². The molecule has 0 unspecified atom stereocenters. The van der Waals surface area contributed by atoms with Crippen molar-refractivity contribution in [2.45, 2.75) is 22.7 Å². The van der Waals surface area contributed by atoms with Gasteiger partial charge < -0.3 is 10.4 Å². The van der Waals surface area contributed by atoms with Crippen molar-refractivity contribution in [3.63, 3.8) is 0 Å². The fourth-order valence-electron chi connectivity index (χ4n) is 0.810. The summed E-state index contributed by atoms with van der Waals surface area (Å²) < 4.78 is -1.96. The third kappa shape index (κ3) is 5.70. The summed E-state index contributed by atoms with van der Waals surface area (Å²) in [4.78, 5) is 11.2. The van der Waals surface area contributed by atoms with Crippen LogP contribution in [0.25, 0.3) is 0 Å². The van der Waals surface area contributed by atoms with E-state index in [9.17, 15) is 4.79 Å². The van der Waals surface area contributed by atoms with Gasteiger partial charge in [0.05, 0.1) is 0 Å². The number of aliphatic hydroxyl groups excluding tert-OH is 1. The van der Waals surface area contributed by atoms with Crippen molar-refractivity contribution in [2.24, 2.45) is 0 Å². The van der Waals surface area contributed by atoms with Crippen LogP contribution in [0.2, 0.25) is 0 Å². The monoisotopic (exact) mass is 259 g/mol. The molecule has 0 rings (SSSR count). The van der Waals surface area contributed by atoms with E-state index in [1.54, 1.807) is 0 Å². The number of alkyl halides is 3. The fourth-order valence-corrected chi connectivity index (χ4v) is 0.974. The standard InChI is InChI=1S/C8H12Cl3NO2/c1-2-6(4-3-5-13)12-7(14)8(9,10)11/h2,6,13H,1,3-5H2,(H,12,14)/t6-/m0/s1. The fraction of sp³-hybridized carbons (Fsp3) is 0.625. The first-order chi connectivity index (χ1) is 6.41. The highest BCUT2D eigenvalue weighted by molar-refractivity contribution is 6.76. The molecule has 0 saturated heterocycles. The van der Waals surface area contributed by atoms with Gasteiger partial charge in [-0.2, -0.15) is 0 Å². The van der Waals surface area contributed by atoms with Crippen LogP contribution in [0, 0.1) is 0 Å². The lowest BCUT2D eigenvalue weighted by atomic mass is 10.1. The van der Waals surface area contributed by atoms with Crippen LogP contribution in [0.3, 0.4) is 0 Å². The second-order valence-electron chi connectivity index (χ2n) is 2.68. The number of hydrogen-bond donors (Lipinski definition) is 2. The molecule has 1 atom stereocenters. The number of carbonyl (C=O) groups excluding carboxylic acids is 1. The molecule has 0 aliphatic rings. The zero-order chi connectivity index (χ0) is 11.2. The predicted molar refractivity (Wildman–Crippen MR) is 58.7 cm³/mol. The molecular weight excluding hydrogens is 248 g/mol. The van der Waals surface area contributed by atoms with Crippen molar-refractivity contribution in [1.29, 1.82) is 0 Å². The molecule has 0 heterocycles. The molecule has 3 nitrogen and oxygen atoms in total. The van der Waals surface area contributed by atoms with Crippen LogP contribution in [0.5, 0.6) is 0 Å². The largest absolute Gasteiger partial charge is 0.396 e. The molecule has 14 heavy (non-hydrogen) atoms. The summed E-state index contributed by atoms with van der Waals surface area (Å²) in [6.45, 7) is 3.57. The highest BCUT2D eigenvalue weighted by atomic mass is 35.6. The van der Waals surface area contributed by atoms with Crippen LogP contribution in [0.1, 0.15) is 12.8 Å². The summed E-state index contributed by atoms with van der Waals surface area (Å²) in [5.74, 6) is -0.690. The average molecular weight is 261 g/mol. The smallest absolute Gasteiger partial charge is 0.272 e. The molecule has 0 aliphatic carbocycles. The van der Waals surface area contributed by atoms with Gasteiger partial charge in [-0.15, -0.1) is 6.58 Å². The number of aliphatic hydroxyl groups is 1. The molecule has 0 aromatic rings. The molecule has 0 spiro atoms. The van der Waals surface area contributed by atoms with Gasteiger partial charge in [0.15, 0.2) is 0 Å². The van der Waals surface area contributed by atoms with Crippen LogP contribution < -0.4 is 5.32 Å². The van der Waals surface area contributed by atoms with Gasteiger partial charge >= 0.3 is 0 Å². The van der Waals surface area contributed by atoms with Gasteiger partial charge in [0, 0.05) is 12.6 Å². The van der Waals surface area contributed by atoms with E-state index in [-0.39, 0.29) is 12.6 Å². The number of amides is 1. The third-order valence-electron chi connectivity index (χ3n) is 1.53. The number of hydrogen-bond acceptors (Lipinski definition) is 2. The number of halogens is 3. The van der Waals surface area contributed by atoms with E-state index < -0.39 is 9.70 Å². The Morgan fingerprint density at radius 3 is 2.50 bits per heavy atom. The minimum absolute atomic E-state index is 0.0496. The van der Waals surface area contributed by atoms with Crippen molar-refractivity contribution in [2.75, 3.05) is 6.61 Å². The van der Waals surface area contributed by atoms with Gasteiger partial charge in [0.2, 0.25) is 0 Å². The molecule has 0 fully saturated rings. The second kappa shape index (κ2) is 6.51. The van der Waals surface area contributed by atoms with Gasteiger partial charge in [0.1, 0.15) is 0 Å². The Balaban J connectivity index is 4.05. The first-order valence-corrected chi connectivity index (χ1v) is 5.16. The average Bonchev–Trinajstić information content (AvgIpc) is 2.10. The SMILES string of the molecule is C=C[C@@H](CCCO)NC(=O)C(Cl)(Cl)Cl. The molecule has 0 bridgehead atoms. The maximum atomic E-state index is 11.2. The summed E-state index contributed by atoms with van der Waals surface area (Å²) >= 11 is 16.1. The van der Waals surface area contributed by atoms with Gasteiger partial charge in [-0.05, 0) is 12.8 Å². The van der Waals surface area contributed by atoms with Gasteiger partial charge in [-0.25, -0.2) is 0 Å². The lowest BCUT2D eigenvalue weighted by molar-refractivity contribution is -0.120. The minimum Gasteiger partial charge on any atom is -0.396 e. The topological polar surface area (TPSA) is 49.3 Å². The number of carbonyl (C=O) groups is 1. The Morgan fingerprint density at radius 1 is 1.57 bits per heavy atom. The second-order valence-corrected chi connectivity index (χ2v) is 4.96. The van der Waals surface area contributed by atoms with E-state index in [1.165, 1.54) is 6.08 Å². The van der Waals surface area contributed by atoms with Crippen molar-refractivity contribution in [3.05, 3.63) is 12.7 Å². The van der Waals surface area contributed by atoms with Crippen LogP contribution in [-0.2, 0) is 4.79 Å². The third-order valence-corrected chi connectivity index (χ3v) is 2.05. The van der Waals surface area contributed by atoms with E-state index >= 15 is 0 Å². The first kappa shape index (κ1) is 14.0. The van der Waals surface area contributed by atoms with Crippen molar-refractivity contribution in [1.82, 2.24) is 5.32 Å². The maximum Gasteiger partial charge on any atom is 0.272 e. The first-order valence-electron chi connectivity index (χ1n) is 4.03. The van der Waals surface area contributed by atoms with E-state index in [0.717, 1.165) is 0 Å². The number of nitrogens with one attached hydrogen (secondary N) is 1. The molecule has 2 N–H and O–H groups in total. The van der Waals surface area contributed by atoms with Crippen LogP contribution >= 0.6 is 34.8 Å². The van der Waals surface area contributed by atoms with Crippen LogP contribution in [-0.4, -0.2) is 27.5 Å². The summed E-state index contributed by atoms with van der Waals surface area (Å²) in [7, 11) is 0. The maximum absolute atomic E-state index is 11.2. The van der Waals surface area contributed by atoms with E-state index in [4.69, 9.17) is 39.9 Å². The molecule has 0 radical (unpaired) electrons. The van der Waals surface area contributed by atoms with Gasteiger partial charge in [0.25, 0.3) is 9.70 Å². The predicted octanol–water partition coefficient (Wildman–Crippen LogP) is 1.80. The Bertz CT molecular complexity index is 203. The van der Waals surface area contributed by atoms with E-state index in [0.29, 0.717) is 12.8 Å². The molecule has 0 aromatic carbocycles. The summed E-state index contributed by atoms with van der Waals surface area (Å²) in [6.07, 6.45) is 2.65. The Labute approximate surface area is 98.0 Å². The van der Waals surface area contributed by atoms with Crippen molar-refractivity contribution >= 4 is 40.7 Å². The quantitative estimate of drug-likeness (QED) is 0.585. The highest BCUT2D eigenvalue weighted by Gasteiger charge is 2.31. The number of rotatable bonds is 5. The van der Waals surface area contributed by atoms with Gasteiger partial charge in [-0.1, -0.05) is 40.9 Å². The van der Waals surface area contributed by atoms with Crippen LogP contribution in [0.4, 0.5) is 0 Å². The van der Waals surface area contributed by atoms with Crippen LogP contribution in [0.15, 0.2) is 12.7 Å². The Morgan fingerprint density at radius 2 is 2.14 bits per heavy atom. The Kier molecular flexibility index (Phi) is 6.53. The lowest BCUT2D eigenvalue weighted by Gasteiger charge is -2.17. The van der Waals surface area contributed by atoms with E-state index in [2.05, 4.69) is 11.9 Å². The normalized spacial score (nSPS) is 13.4. The molecule has 0 aliphatic heterocycles. The molecule has 0 saturated carbocycles. The summed E-state index contributed by atoms with van der Waals surface area (Å²) in [6, 6.07) is -0.287. The zero-order valence-electron chi connectivity index (χ0n) is 7.47. The molecule has 6 heteroatoms. The molecular formula is C8H12Cl3NO2. The molecule has 0 aromatic heterocycles. The minimum atomic E-state index is -1.96. The lowest BCUT2D eigenvalue weighted by Crippen LogP contribution is -2.40. The summed E-state index contributed by atoms with van der Waals surface area (Å²) in [5, 5.41) is 11.1. The van der Waals surface area contributed by atoms with Gasteiger partial charge in [-0.3, -0.25) is 4.79 Å². The molecule has 1 amide bonds. The highest BCUT2D eigenvalue weighted by Crippen LogP contribution is 2.26. The van der Waals surface area contributed by atoms with E-state index in [1.807, 2.05) is 0 Å². The zero-order valence-corrected chi connectivity index (χ0v) is 9.74.